The number of hydrogen-bond acceptors (Lipinski definition) is 7. The molecule has 0 bridgehead atoms. The third-order valence-electron chi connectivity index (χ3n) is 4.73. The molecule has 164 valence electrons. The van der Waals surface area contributed by atoms with E-state index in [-0.39, 0.29) is 22.6 Å². The van der Waals surface area contributed by atoms with Gasteiger partial charge in [0.15, 0.2) is 9.92 Å². The van der Waals surface area contributed by atoms with Crippen molar-refractivity contribution in [3.05, 3.63) is 23.5 Å². The van der Waals surface area contributed by atoms with E-state index in [0.717, 1.165) is 12.0 Å². The lowest BCUT2D eigenvalue weighted by molar-refractivity contribution is 0.224. The van der Waals surface area contributed by atoms with Gasteiger partial charge in [-0.2, -0.15) is 5.10 Å². The number of aromatic nitrogens is 3. The second-order valence-electron chi connectivity index (χ2n) is 7.67. The van der Waals surface area contributed by atoms with Gasteiger partial charge in [0.2, 0.25) is 11.8 Å². The zero-order valence-corrected chi connectivity index (χ0v) is 18.6. The second-order valence-corrected chi connectivity index (χ2v) is 9.43. The van der Waals surface area contributed by atoms with Crippen LogP contribution in [0, 0.1) is 4.78 Å². The van der Waals surface area contributed by atoms with Crippen LogP contribution in [0.25, 0.3) is 0 Å². The summed E-state index contributed by atoms with van der Waals surface area (Å²) in [7, 11) is -2.13. The number of hydrogen-bond donors (Lipinski definition) is 3. The summed E-state index contributed by atoms with van der Waals surface area (Å²) in [5, 5.41) is 6.86. The van der Waals surface area contributed by atoms with Gasteiger partial charge in [0, 0.05) is 19.0 Å². The number of amides is 2. The van der Waals surface area contributed by atoms with Gasteiger partial charge >= 0.3 is 6.03 Å². The Hall–Kier alpha value is -2.82. The van der Waals surface area contributed by atoms with Crippen molar-refractivity contribution in [3.8, 4) is 11.8 Å². The molecule has 2 aromatic rings. The number of anilines is 1. The summed E-state index contributed by atoms with van der Waals surface area (Å²) in [5.41, 5.74) is 2.01. The molecule has 30 heavy (non-hydrogen) atoms. The Labute approximate surface area is 176 Å². The van der Waals surface area contributed by atoms with Gasteiger partial charge in [-0.05, 0) is 17.4 Å². The van der Waals surface area contributed by atoms with Crippen molar-refractivity contribution in [1.29, 1.82) is 4.78 Å². The number of carbonyl (C=O) groups excluding carboxylic acids is 1. The maximum absolute atomic E-state index is 13.0. The van der Waals surface area contributed by atoms with Crippen molar-refractivity contribution in [1.82, 2.24) is 19.5 Å². The lowest BCUT2D eigenvalue weighted by Crippen LogP contribution is -2.34. The summed E-state index contributed by atoms with van der Waals surface area (Å²) in [6.45, 7) is 8.97. The average Bonchev–Trinajstić information content (AvgIpc) is 3.12. The van der Waals surface area contributed by atoms with Crippen LogP contribution in [0.4, 0.5) is 10.5 Å². The monoisotopic (exact) mass is 436 g/mol. The van der Waals surface area contributed by atoms with Crippen molar-refractivity contribution in [2.24, 2.45) is 0 Å². The molecule has 1 aliphatic heterocycles. The van der Waals surface area contributed by atoms with Crippen LogP contribution < -0.4 is 19.5 Å². The molecule has 0 spiro atoms. The van der Waals surface area contributed by atoms with Crippen molar-refractivity contribution in [3.63, 3.8) is 0 Å². The number of nitrogens with one attached hydrogen (secondary N) is 3. The van der Waals surface area contributed by atoms with Gasteiger partial charge in [0.25, 0.3) is 0 Å². The van der Waals surface area contributed by atoms with Crippen LogP contribution in [0.5, 0.6) is 11.8 Å². The van der Waals surface area contributed by atoms with E-state index in [4.69, 9.17) is 14.3 Å². The van der Waals surface area contributed by atoms with E-state index in [0.29, 0.717) is 30.4 Å². The SMILES string of the molecule is COc1cc(C(C)C)c(NC(=O)N[S@](=N)(=O)c2cnn3c2OCCC3)c(C(C)C)n1. The van der Waals surface area contributed by atoms with Crippen LogP contribution >= 0.6 is 0 Å². The van der Waals surface area contributed by atoms with Gasteiger partial charge < -0.3 is 14.8 Å². The van der Waals surface area contributed by atoms with Gasteiger partial charge in [0.1, 0.15) is 4.90 Å². The first kappa shape index (κ1) is 21.9. The van der Waals surface area contributed by atoms with Gasteiger partial charge in [-0.3, -0.25) is 0 Å². The molecule has 0 unspecified atom stereocenters. The summed E-state index contributed by atoms with van der Waals surface area (Å²) >= 11 is 0. The van der Waals surface area contributed by atoms with E-state index >= 15 is 0 Å². The zero-order valence-electron chi connectivity index (χ0n) is 17.8. The molecule has 11 heteroatoms. The number of urea groups is 1. The first-order chi connectivity index (χ1) is 14.1. The molecule has 3 rings (SSSR count). The van der Waals surface area contributed by atoms with Crippen LogP contribution in [0.1, 0.15) is 57.2 Å². The largest absolute Gasteiger partial charge is 0.481 e. The van der Waals surface area contributed by atoms with E-state index in [9.17, 15) is 9.00 Å². The maximum atomic E-state index is 13.0. The summed E-state index contributed by atoms with van der Waals surface area (Å²) in [4.78, 5) is 17.3. The Morgan fingerprint density at radius 2 is 2.07 bits per heavy atom. The van der Waals surface area contributed by atoms with E-state index in [1.807, 2.05) is 27.7 Å². The van der Waals surface area contributed by atoms with Crippen molar-refractivity contribution in [2.75, 3.05) is 19.0 Å². The molecule has 2 amide bonds. The number of rotatable bonds is 6. The molecule has 3 N–H and O–H groups in total. The predicted molar refractivity (Wildman–Crippen MR) is 113 cm³/mol. The smallest absolute Gasteiger partial charge is 0.332 e. The Bertz CT molecular complexity index is 1020. The Kier molecular flexibility index (Phi) is 6.20. The molecular formula is C19H28N6O4S. The van der Waals surface area contributed by atoms with E-state index in [1.165, 1.54) is 6.20 Å². The fourth-order valence-electron chi connectivity index (χ4n) is 3.24. The van der Waals surface area contributed by atoms with Crippen molar-refractivity contribution >= 4 is 21.6 Å². The zero-order chi connectivity index (χ0) is 22.1. The molecule has 0 saturated carbocycles. The van der Waals surface area contributed by atoms with Gasteiger partial charge in [-0.15, -0.1) is 0 Å². The first-order valence-corrected chi connectivity index (χ1v) is 11.3. The lowest BCUT2D eigenvalue weighted by Gasteiger charge is -2.21. The Morgan fingerprint density at radius 3 is 2.70 bits per heavy atom. The highest BCUT2D eigenvalue weighted by molar-refractivity contribution is 7.91. The molecule has 10 nitrogen and oxygen atoms in total. The maximum Gasteiger partial charge on any atom is 0.332 e. The topological polar surface area (TPSA) is 131 Å². The summed E-state index contributed by atoms with van der Waals surface area (Å²) in [5.74, 6) is 0.801. The number of carbonyl (C=O) groups is 1. The quantitative estimate of drug-likeness (QED) is 0.635. The number of nitrogens with zero attached hydrogens (tertiary/aromatic N) is 3. The number of aryl methyl sites for hydroxylation is 1. The van der Waals surface area contributed by atoms with Gasteiger partial charge in [-0.25, -0.2) is 28.2 Å². The lowest BCUT2D eigenvalue weighted by atomic mass is 9.97. The van der Waals surface area contributed by atoms with Crippen LogP contribution in [0.15, 0.2) is 17.2 Å². The number of fused-ring (bicyclic) bond motifs is 1. The molecule has 0 aromatic carbocycles. The molecule has 0 aliphatic carbocycles. The standard InChI is InChI=1S/C19H28N6O4S/c1-11(2)13-9-15(28-5)22-16(12(3)4)17(13)23-19(26)24-30(20,27)14-10-21-25-7-6-8-29-18(14)25/h9-12H,6-8H2,1-5H3,(H3,20,23,24,26,27)/t30-/m0/s1. The highest BCUT2D eigenvalue weighted by atomic mass is 32.2. The molecule has 0 radical (unpaired) electrons. The summed E-state index contributed by atoms with van der Waals surface area (Å²) in [6.07, 6.45) is 2.09. The van der Waals surface area contributed by atoms with Crippen LogP contribution in [0.2, 0.25) is 0 Å². The van der Waals surface area contributed by atoms with E-state index in [2.05, 4.69) is 20.1 Å². The summed E-state index contributed by atoms with van der Waals surface area (Å²) < 4.78 is 35.9. The molecule has 1 aliphatic rings. The number of ether oxygens (including phenoxy) is 2. The van der Waals surface area contributed by atoms with Crippen LogP contribution in [0.3, 0.4) is 0 Å². The average molecular weight is 437 g/mol. The highest BCUT2D eigenvalue weighted by Crippen LogP contribution is 2.34. The summed E-state index contributed by atoms with van der Waals surface area (Å²) in [6, 6.07) is 1.01. The highest BCUT2D eigenvalue weighted by Gasteiger charge is 2.27. The minimum absolute atomic E-state index is 0.00403. The number of methoxy groups -OCH3 is 1. The fraction of sp³-hybridized carbons (Fsp3) is 0.526. The Morgan fingerprint density at radius 1 is 1.33 bits per heavy atom. The predicted octanol–water partition coefficient (Wildman–Crippen LogP) is 3.46. The fourth-order valence-corrected chi connectivity index (χ4v) is 4.27. The minimum atomic E-state index is -3.67. The van der Waals surface area contributed by atoms with E-state index < -0.39 is 15.9 Å². The van der Waals surface area contributed by atoms with E-state index in [1.54, 1.807) is 17.9 Å². The van der Waals surface area contributed by atoms with Crippen LogP contribution in [-0.2, 0) is 16.5 Å². The molecule has 3 heterocycles. The molecule has 0 saturated heterocycles. The Balaban J connectivity index is 1.90. The normalized spacial score (nSPS) is 15.3. The van der Waals surface area contributed by atoms with Crippen molar-refractivity contribution in [2.45, 2.75) is 57.4 Å². The third kappa shape index (κ3) is 4.35. The molecule has 1 atom stereocenters. The van der Waals surface area contributed by atoms with Gasteiger partial charge in [0.05, 0.1) is 31.3 Å². The third-order valence-corrected chi connectivity index (χ3v) is 6.10. The number of pyridine rings is 1. The minimum Gasteiger partial charge on any atom is -0.481 e. The van der Waals surface area contributed by atoms with Crippen molar-refractivity contribution < 1.29 is 18.5 Å². The van der Waals surface area contributed by atoms with Gasteiger partial charge in [-0.1, -0.05) is 27.7 Å². The molecule has 0 fully saturated rings. The first-order valence-electron chi connectivity index (χ1n) is 9.79. The van der Waals surface area contributed by atoms with Crippen LogP contribution in [-0.4, -0.2) is 38.7 Å². The second kappa shape index (κ2) is 8.50. The molecular weight excluding hydrogens is 408 g/mol. The molecule has 2 aromatic heterocycles.